The van der Waals surface area contributed by atoms with Crippen molar-refractivity contribution in [3.63, 3.8) is 0 Å². The summed E-state index contributed by atoms with van der Waals surface area (Å²) in [7, 11) is 0. The molecule has 1 aliphatic heterocycles. The molecule has 0 bridgehead atoms. The number of hydrogen-bond donors (Lipinski definition) is 2. The molecule has 4 nitrogen and oxygen atoms in total. The summed E-state index contributed by atoms with van der Waals surface area (Å²) in [6.07, 6.45) is 2.70. The van der Waals surface area contributed by atoms with E-state index in [0.29, 0.717) is 25.8 Å². The van der Waals surface area contributed by atoms with E-state index >= 15 is 0 Å². The third-order valence-corrected chi connectivity index (χ3v) is 5.77. The number of aryl methyl sites for hydroxylation is 1. The number of hydrogen-bond acceptors (Lipinski definition) is 2. The summed E-state index contributed by atoms with van der Waals surface area (Å²) < 4.78 is 13.5. The van der Waals surface area contributed by atoms with Crippen molar-refractivity contribution in [2.24, 2.45) is 5.73 Å². The quantitative estimate of drug-likeness (QED) is 0.622. The van der Waals surface area contributed by atoms with Crippen LogP contribution in [0.1, 0.15) is 57.2 Å². The Hall–Kier alpha value is -1.72. The standard InChI is InChI=1S/C20H29FN2O2/c1-6-9-20(22)10-11-23(18(24)25,19(3,4)5)17(13-20)16-8-7-15(21)12-14(16)2/h6-8,12,17H,1,9-11,13,22H2,2-5H3/p+1/t17-,20-,23?/m1/s1. The van der Waals surface area contributed by atoms with E-state index < -0.39 is 17.2 Å². The molecule has 138 valence electrons. The van der Waals surface area contributed by atoms with Gasteiger partial charge in [-0.15, -0.1) is 6.58 Å². The van der Waals surface area contributed by atoms with E-state index in [-0.39, 0.29) is 16.3 Å². The molecule has 3 N–H and O–H groups in total. The Balaban J connectivity index is 2.66. The molecular formula is C20H30FN2O2+. The summed E-state index contributed by atoms with van der Waals surface area (Å²) >= 11 is 0. The Kier molecular flexibility index (Phi) is 5.13. The molecule has 1 aromatic rings. The first-order chi connectivity index (χ1) is 11.5. The number of carbonyl (C=O) groups is 1. The van der Waals surface area contributed by atoms with Gasteiger partial charge in [-0.05, 0) is 57.9 Å². The van der Waals surface area contributed by atoms with Gasteiger partial charge < -0.3 is 10.8 Å². The zero-order chi connectivity index (χ0) is 19.0. The normalized spacial score (nSPS) is 30.1. The number of likely N-dealkylation sites (tertiary alicyclic amines) is 1. The van der Waals surface area contributed by atoms with Crippen molar-refractivity contribution in [2.45, 2.75) is 64.1 Å². The van der Waals surface area contributed by atoms with Crippen LogP contribution in [0, 0.1) is 12.7 Å². The van der Waals surface area contributed by atoms with Crippen LogP contribution in [0.5, 0.6) is 0 Å². The first-order valence-electron chi connectivity index (χ1n) is 8.74. The number of nitrogens with zero attached hydrogens (tertiary/aromatic N) is 1. The monoisotopic (exact) mass is 349 g/mol. The Morgan fingerprint density at radius 3 is 2.64 bits per heavy atom. The summed E-state index contributed by atoms with van der Waals surface area (Å²) in [5.41, 5.74) is 7.21. The van der Waals surface area contributed by atoms with Crippen LogP contribution in [-0.2, 0) is 0 Å². The largest absolute Gasteiger partial charge is 0.514 e. The lowest BCUT2D eigenvalue weighted by atomic mass is 9.75. The molecule has 2 rings (SSSR count). The smallest absolute Gasteiger partial charge is 0.435 e. The van der Waals surface area contributed by atoms with Crippen LogP contribution in [0.25, 0.3) is 0 Å². The highest BCUT2D eigenvalue weighted by molar-refractivity contribution is 5.58. The number of halogens is 1. The van der Waals surface area contributed by atoms with Gasteiger partial charge in [0.25, 0.3) is 0 Å². The second kappa shape index (κ2) is 6.54. The second-order valence-electron chi connectivity index (χ2n) is 8.37. The van der Waals surface area contributed by atoms with Crippen molar-refractivity contribution in [1.29, 1.82) is 0 Å². The highest BCUT2D eigenvalue weighted by atomic mass is 19.1. The van der Waals surface area contributed by atoms with E-state index in [9.17, 15) is 14.3 Å². The number of nitrogens with two attached hydrogens (primary N) is 1. The molecule has 0 aromatic heterocycles. The van der Waals surface area contributed by atoms with Crippen LogP contribution in [0.15, 0.2) is 30.9 Å². The van der Waals surface area contributed by atoms with Crippen molar-refractivity contribution >= 4 is 6.09 Å². The summed E-state index contributed by atoms with van der Waals surface area (Å²) in [5, 5.41) is 10.2. The fraction of sp³-hybridized carbons (Fsp3) is 0.550. The first-order valence-corrected chi connectivity index (χ1v) is 8.74. The summed E-state index contributed by atoms with van der Waals surface area (Å²) in [4.78, 5) is 12.5. The highest BCUT2D eigenvalue weighted by Crippen LogP contribution is 2.48. The van der Waals surface area contributed by atoms with Gasteiger partial charge >= 0.3 is 6.09 Å². The molecule has 0 aliphatic carbocycles. The molecule has 0 saturated carbocycles. The SMILES string of the molecule is C=CC[C@@]1(N)CC[N+](C(=O)O)(C(C)(C)C)[C@@H](c2ccc(F)cc2C)C1. The lowest BCUT2D eigenvalue weighted by Gasteiger charge is -2.55. The maximum atomic E-state index is 13.6. The molecule has 1 amide bonds. The van der Waals surface area contributed by atoms with Crippen LogP contribution in [0.2, 0.25) is 0 Å². The molecule has 5 heteroatoms. The fourth-order valence-electron chi connectivity index (χ4n) is 4.35. The predicted octanol–water partition coefficient (Wildman–Crippen LogP) is 4.54. The molecule has 1 unspecified atom stereocenters. The van der Waals surface area contributed by atoms with E-state index in [2.05, 4.69) is 6.58 Å². The van der Waals surface area contributed by atoms with Gasteiger partial charge in [-0.1, -0.05) is 6.08 Å². The molecule has 3 atom stereocenters. The number of piperidine rings is 1. The lowest BCUT2D eigenvalue weighted by Crippen LogP contribution is -2.70. The van der Waals surface area contributed by atoms with E-state index in [1.165, 1.54) is 12.1 Å². The van der Waals surface area contributed by atoms with Crippen molar-refractivity contribution in [3.05, 3.63) is 47.8 Å². The molecule has 1 fully saturated rings. The highest BCUT2D eigenvalue weighted by Gasteiger charge is 2.59. The average Bonchev–Trinajstić information content (AvgIpc) is 2.45. The van der Waals surface area contributed by atoms with E-state index in [1.807, 2.05) is 27.7 Å². The van der Waals surface area contributed by atoms with Gasteiger partial charge in [0.15, 0.2) is 0 Å². The second-order valence-corrected chi connectivity index (χ2v) is 8.37. The summed E-state index contributed by atoms with van der Waals surface area (Å²) in [6, 6.07) is 4.25. The zero-order valence-corrected chi connectivity index (χ0v) is 15.7. The molecular weight excluding hydrogens is 319 g/mol. The summed E-state index contributed by atoms with van der Waals surface area (Å²) in [5.74, 6) is -0.314. The van der Waals surface area contributed by atoms with Crippen molar-refractivity contribution < 1.29 is 18.8 Å². The van der Waals surface area contributed by atoms with E-state index in [0.717, 1.165) is 11.1 Å². The Morgan fingerprint density at radius 2 is 2.16 bits per heavy atom. The number of quaternary nitrogens is 1. The maximum absolute atomic E-state index is 13.6. The van der Waals surface area contributed by atoms with Gasteiger partial charge in [-0.3, -0.25) is 0 Å². The third-order valence-electron chi connectivity index (χ3n) is 5.77. The van der Waals surface area contributed by atoms with Crippen LogP contribution < -0.4 is 5.73 Å². The fourth-order valence-corrected chi connectivity index (χ4v) is 4.35. The van der Waals surface area contributed by atoms with Gasteiger partial charge in [0.05, 0.1) is 6.54 Å². The number of rotatable bonds is 3. The van der Waals surface area contributed by atoms with Gasteiger partial charge in [0.2, 0.25) is 0 Å². The van der Waals surface area contributed by atoms with Crippen molar-refractivity contribution in [3.8, 4) is 0 Å². The van der Waals surface area contributed by atoms with E-state index in [1.54, 1.807) is 12.1 Å². The van der Waals surface area contributed by atoms with Crippen LogP contribution in [0.3, 0.4) is 0 Å². The van der Waals surface area contributed by atoms with Crippen LogP contribution in [0.4, 0.5) is 9.18 Å². The minimum absolute atomic E-state index is 0.102. The third kappa shape index (κ3) is 3.35. The average molecular weight is 349 g/mol. The molecule has 25 heavy (non-hydrogen) atoms. The Labute approximate surface area is 149 Å². The minimum Gasteiger partial charge on any atom is -0.435 e. The van der Waals surface area contributed by atoms with Gasteiger partial charge in [-0.2, -0.15) is 4.79 Å². The number of amides is 1. The van der Waals surface area contributed by atoms with Gasteiger partial charge in [0, 0.05) is 23.9 Å². The molecule has 1 aromatic carbocycles. The molecule has 0 radical (unpaired) electrons. The molecule has 1 aliphatic rings. The van der Waals surface area contributed by atoms with Crippen LogP contribution >= 0.6 is 0 Å². The Bertz CT molecular complexity index is 683. The maximum Gasteiger partial charge on any atom is 0.514 e. The molecule has 0 spiro atoms. The molecule has 1 saturated heterocycles. The van der Waals surface area contributed by atoms with Crippen molar-refractivity contribution in [1.82, 2.24) is 0 Å². The topological polar surface area (TPSA) is 63.3 Å². The van der Waals surface area contributed by atoms with Gasteiger partial charge in [0.1, 0.15) is 17.4 Å². The first kappa shape index (κ1) is 19.6. The predicted molar refractivity (Wildman–Crippen MR) is 97.7 cm³/mol. The molecule has 1 heterocycles. The van der Waals surface area contributed by atoms with E-state index in [4.69, 9.17) is 5.73 Å². The summed E-state index contributed by atoms with van der Waals surface area (Å²) in [6.45, 7) is 11.9. The van der Waals surface area contributed by atoms with Crippen LogP contribution in [-0.4, -0.2) is 33.3 Å². The van der Waals surface area contributed by atoms with Gasteiger partial charge in [-0.25, -0.2) is 8.87 Å². The van der Waals surface area contributed by atoms with Crippen molar-refractivity contribution in [2.75, 3.05) is 6.54 Å². The number of benzene rings is 1. The minimum atomic E-state index is -0.859. The zero-order valence-electron chi connectivity index (χ0n) is 15.7. The lowest BCUT2D eigenvalue weighted by molar-refractivity contribution is -0.938. The number of carboxylic acid groups (broad SMARTS) is 1. The Morgan fingerprint density at radius 1 is 1.52 bits per heavy atom.